The Kier molecular flexibility index (Phi) is 5.91. The minimum Gasteiger partial charge on any atom is -0.315 e. The number of benzene rings is 1. The van der Waals surface area contributed by atoms with Crippen LogP contribution in [0.2, 0.25) is 5.02 Å². The van der Waals surface area contributed by atoms with Crippen LogP contribution in [0.5, 0.6) is 0 Å². The van der Waals surface area contributed by atoms with Crippen molar-refractivity contribution in [2.24, 2.45) is 0 Å². The van der Waals surface area contributed by atoms with Crippen LogP contribution in [0.1, 0.15) is 12.0 Å². The smallest absolute Gasteiger partial charge is 0.315 e. The van der Waals surface area contributed by atoms with Gasteiger partial charge in [0.05, 0.1) is 15.5 Å². The maximum absolute atomic E-state index is 12.7. The van der Waals surface area contributed by atoms with E-state index in [2.05, 4.69) is 10.0 Å². The van der Waals surface area contributed by atoms with Crippen molar-refractivity contribution in [1.29, 1.82) is 0 Å². The molecule has 10 heteroatoms. The molecule has 0 bridgehead atoms. The average molecular weight is 365 g/mol. The van der Waals surface area contributed by atoms with Gasteiger partial charge in [-0.05, 0) is 31.2 Å². The first-order valence-corrected chi connectivity index (χ1v) is 7.66. The summed E-state index contributed by atoms with van der Waals surface area (Å²) >= 11 is 5.46. The molecule has 0 aliphatic carbocycles. The highest BCUT2D eigenvalue weighted by atomic mass is 35.5. The zero-order chi connectivity index (χ0) is 15.0. The average Bonchev–Trinajstić information content (AvgIpc) is 2.79. The van der Waals surface area contributed by atoms with E-state index in [1.165, 1.54) is 0 Å². The first-order chi connectivity index (χ1) is 9.20. The van der Waals surface area contributed by atoms with Crippen molar-refractivity contribution in [3.63, 3.8) is 0 Å². The normalized spacial score (nSPS) is 19.3. The monoisotopic (exact) mass is 364 g/mol. The predicted octanol–water partition coefficient (Wildman–Crippen LogP) is 2.42. The highest BCUT2D eigenvalue weighted by Crippen LogP contribution is 2.35. The summed E-state index contributed by atoms with van der Waals surface area (Å²) in [6.07, 6.45) is -4.10. The molecule has 1 aromatic rings. The van der Waals surface area contributed by atoms with Crippen LogP contribution in [0.3, 0.4) is 0 Å². The number of hydrogen-bond acceptors (Lipinski definition) is 3. The third kappa shape index (κ3) is 4.46. The van der Waals surface area contributed by atoms with E-state index in [0.29, 0.717) is 25.6 Å². The van der Waals surface area contributed by atoms with Crippen LogP contribution in [-0.2, 0) is 16.2 Å². The molecule has 0 saturated carbocycles. The van der Waals surface area contributed by atoms with E-state index in [0.717, 1.165) is 12.1 Å². The first kappa shape index (κ1) is 18.5. The molecule has 21 heavy (non-hydrogen) atoms. The molecule has 1 aromatic carbocycles. The fourth-order valence-corrected chi connectivity index (χ4v) is 3.45. The summed E-state index contributed by atoms with van der Waals surface area (Å²) in [6, 6.07) is 2.23. The van der Waals surface area contributed by atoms with Gasteiger partial charge in [0.2, 0.25) is 10.0 Å². The van der Waals surface area contributed by atoms with Crippen molar-refractivity contribution in [3.8, 4) is 0 Å². The van der Waals surface area contributed by atoms with Gasteiger partial charge in [0.25, 0.3) is 0 Å². The molecular formula is C11H13Cl2F3N2O2S. The lowest BCUT2D eigenvalue weighted by Crippen LogP contribution is -2.36. The summed E-state index contributed by atoms with van der Waals surface area (Å²) in [4.78, 5) is -0.443. The molecule has 1 aliphatic heterocycles. The van der Waals surface area contributed by atoms with Crippen LogP contribution in [0.15, 0.2) is 23.1 Å². The van der Waals surface area contributed by atoms with Gasteiger partial charge in [-0.2, -0.15) is 13.2 Å². The molecule has 1 saturated heterocycles. The topological polar surface area (TPSA) is 58.2 Å². The van der Waals surface area contributed by atoms with Gasteiger partial charge in [-0.3, -0.25) is 0 Å². The standard InChI is InChI=1S/C11H12ClF3N2O2S.ClH/c12-10-2-1-8(5-9(10)11(13,14)15)20(18,19)17-7-3-4-16-6-7;/h1-2,5,7,16-17H,3-4,6H2;1H. The highest BCUT2D eigenvalue weighted by molar-refractivity contribution is 7.89. The molecule has 120 valence electrons. The van der Waals surface area contributed by atoms with Crippen molar-refractivity contribution in [2.45, 2.75) is 23.5 Å². The summed E-state index contributed by atoms with van der Waals surface area (Å²) in [6.45, 7) is 1.13. The lowest BCUT2D eigenvalue weighted by Gasteiger charge is -2.14. The summed E-state index contributed by atoms with van der Waals surface area (Å²) < 4.78 is 64.6. The summed E-state index contributed by atoms with van der Waals surface area (Å²) in [5.41, 5.74) is -1.16. The van der Waals surface area contributed by atoms with Crippen LogP contribution in [-0.4, -0.2) is 27.5 Å². The maximum atomic E-state index is 12.7. The Morgan fingerprint density at radius 1 is 1.33 bits per heavy atom. The SMILES string of the molecule is Cl.O=S(=O)(NC1CCNC1)c1ccc(Cl)c(C(F)(F)F)c1. The third-order valence-electron chi connectivity index (χ3n) is 2.94. The van der Waals surface area contributed by atoms with Crippen molar-refractivity contribution < 1.29 is 21.6 Å². The fraction of sp³-hybridized carbons (Fsp3) is 0.455. The molecule has 4 nitrogen and oxygen atoms in total. The van der Waals surface area contributed by atoms with Gasteiger partial charge in [0, 0.05) is 12.6 Å². The summed E-state index contributed by atoms with van der Waals surface area (Å²) in [7, 11) is -3.99. The molecule has 2 rings (SSSR count). The molecule has 1 atom stereocenters. The quantitative estimate of drug-likeness (QED) is 0.865. The summed E-state index contributed by atoms with van der Waals surface area (Å²) in [5.74, 6) is 0. The van der Waals surface area contributed by atoms with E-state index in [9.17, 15) is 21.6 Å². The lowest BCUT2D eigenvalue weighted by molar-refractivity contribution is -0.137. The summed E-state index contributed by atoms with van der Waals surface area (Å²) in [5, 5.41) is 2.43. The molecule has 1 heterocycles. The lowest BCUT2D eigenvalue weighted by atomic mass is 10.2. The largest absolute Gasteiger partial charge is 0.417 e. The minimum atomic E-state index is -4.70. The molecule has 1 unspecified atom stereocenters. The number of sulfonamides is 1. The van der Waals surface area contributed by atoms with E-state index in [-0.39, 0.29) is 18.4 Å². The van der Waals surface area contributed by atoms with Gasteiger partial charge in [-0.25, -0.2) is 13.1 Å². The zero-order valence-electron chi connectivity index (χ0n) is 10.6. The first-order valence-electron chi connectivity index (χ1n) is 5.80. The van der Waals surface area contributed by atoms with E-state index >= 15 is 0 Å². The van der Waals surface area contributed by atoms with Crippen LogP contribution in [0.4, 0.5) is 13.2 Å². The van der Waals surface area contributed by atoms with E-state index in [1.807, 2.05) is 0 Å². The Bertz CT molecular complexity index is 602. The molecule has 1 fully saturated rings. The van der Waals surface area contributed by atoms with Gasteiger partial charge in [0.15, 0.2) is 0 Å². The zero-order valence-corrected chi connectivity index (χ0v) is 13.0. The predicted molar refractivity (Wildman–Crippen MR) is 75.3 cm³/mol. The number of rotatable bonds is 3. The molecule has 0 spiro atoms. The van der Waals surface area contributed by atoms with Crippen molar-refractivity contribution in [1.82, 2.24) is 10.0 Å². The second kappa shape index (κ2) is 6.70. The van der Waals surface area contributed by atoms with E-state index < -0.39 is 31.7 Å². The molecule has 0 aromatic heterocycles. The Morgan fingerprint density at radius 3 is 2.52 bits per heavy atom. The Hall–Kier alpha value is -0.540. The van der Waals surface area contributed by atoms with Crippen LogP contribution < -0.4 is 10.0 Å². The van der Waals surface area contributed by atoms with Crippen LogP contribution in [0, 0.1) is 0 Å². The van der Waals surface area contributed by atoms with Gasteiger partial charge >= 0.3 is 6.18 Å². The molecule has 2 N–H and O–H groups in total. The fourth-order valence-electron chi connectivity index (χ4n) is 1.93. The number of alkyl halides is 3. The van der Waals surface area contributed by atoms with Gasteiger partial charge in [-0.1, -0.05) is 11.6 Å². The Labute approximate surface area is 131 Å². The van der Waals surface area contributed by atoms with Crippen molar-refractivity contribution >= 4 is 34.0 Å². The van der Waals surface area contributed by atoms with Gasteiger partial charge in [-0.15, -0.1) is 12.4 Å². The van der Waals surface area contributed by atoms with Crippen molar-refractivity contribution in [3.05, 3.63) is 28.8 Å². The molecule has 0 radical (unpaired) electrons. The molecule has 0 amide bonds. The van der Waals surface area contributed by atoms with Crippen LogP contribution in [0.25, 0.3) is 0 Å². The Morgan fingerprint density at radius 2 is 2.00 bits per heavy atom. The maximum Gasteiger partial charge on any atom is 0.417 e. The Balaban J connectivity index is 0.00000220. The molecular weight excluding hydrogens is 352 g/mol. The minimum absolute atomic E-state index is 0. The van der Waals surface area contributed by atoms with Crippen LogP contribution >= 0.6 is 24.0 Å². The van der Waals surface area contributed by atoms with E-state index in [4.69, 9.17) is 11.6 Å². The van der Waals surface area contributed by atoms with Crippen molar-refractivity contribution in [2.75, 3.05) is 13.1 Å². The number of halogens is 5. The highest BCUT2D eigenvalue weighted by Gasteiger charge is 2.35. The second-order valence-corrected chi connectivity index (χ2v) is 6.57. The van der Waals surface area contributed by atoms with E-state index in [1.54, 1.807) is 0 Å². The third-order valence-corrected chi connectivity index (χ3v) is 4.78. The second-order valence-electron chi connectivity index (χ2n) is 4.45. The molecule has 1 aliphatic rings. The number of nitrogens with one attached hydrogen (secondary N) is 2. The number of hydrogen-bond donors (Lipinski definition) is 2. The van der Waals surface area contributed by atoms with Gasteiger partial charge in [0.1, 0.15) is 0 Å². The van der Waals surface area contributed by atoms with Gasteiger partial charge < -0.3 is 5.32 Å².